The van der Waals surface area contributed by atoms with Crippen LogP contribution < -0.4 is 16.4 Å². The molecule has 2 rings (SSSR count). The number of anilines is 2. The minimum atomic E-state index is -0.0936. The predicted octanol–water partition coefficient (Wildman–Crippen LogP) is 2.61. The number of nitrogen functional groups attached to an aromatic ring is 1. The lowest BCUT2D eigenvalue weighted by atomic mass is 10.0. The maximum absolute atomic E-state index is 12.3. The van der Waals surface area contributed by atoms with Crippen molar-refractivity contribution in [3.8, 4) is 0 Å². The smallest absolute Gasteiger partial charge is 0.265 e. The van der Waals surface area contributed by atoms with Crippen LogP contribution in [-0.4, -0.2) is 23.0 Å². The molecule has 1 aromatic rings. The Morgan fingerprint density at radius 2 is 2.16 bits per heavy atom. The van der Waals surface area contributed by atoms with Gasteiger partial charge in [0.25, 0.3) is 5.91 Å². The van der Waals surface area contributed by atoms with Crippen LogP contribution in [0.4, 0.5) is 10.9 Å². The Bertz CT molecular complexity index is 451. The molecule has 0 atom stereocenters. The Balaban J connectivity index is 2.04. The van der Waals surface area contributed by atoms with Gasteiger partial charge in [-0.05, 0) is 26.2 Å². The molecule has 0 aromatic carbocycles. The third-order valence-electron chi connectivity index (χ3n) is 3.51. The van der Waals surface area contributed by atoms with Crippen LogP contribution in [0, 0.1) is 0 Å². The van der Waals surface area contributed by atoms with Gasteiger partial charge in [-0.25, -0.2) is 4.98 Å². The van der Waals surface area contributed by atoms with Gasteiger partial charge in [0, 0.05) is 12.1 Å². The van der Waals surface area contributed by atoms with Crippen LogP contribution in [0.25, 0.3) is 0 Å². The SMILES string of the molecule is CCCNc1nc(N)c(C(=O)NC2(C)CCCC2)s1. The van der Waals surface area contributed by atoms with E-state index in [9.17, 15) is 4.79 Å². The first-order valence-electron chi connectivity index (χ1n) is 6.87. The molecule has 1 fully saturated rings. The van der Waals surface area contributed by atoms with Crippen LogP contribution in [0.1, 0.15) is 55.6 Å². The predicted molar refractivity (Wildman–Crippen MR) is 79.6 cm³/mol. The Kier molecular flexibility index (Phi) is 4.29. The van der Waals surface area contributed by atoms with Crippen LogP contribution in [-0.2, 0) is 0 Å². The van der Waals surface area contributed by atoms with Crippen LogP contribution >= 0.6 is 11.3 Å². The Morgan fingerprint density at radius 1 is 1.47 bits per heavy atom. The second-order valence-electron chi connectivity index (χ2n) is 5.38. The van der Waals surface area contributed by atoms with Gasteiger partial charge >= 0.3 is 0 Å². The summed E-state index contributed by atoms with van der Waals surface area (Å²) in [4.78, 5) is 17.0. The van der Waals surface area contributed by atoms with Crippen molar-refractivity contribution in [2.75, 3.05) is 17.6 Å². The summed E-state index contributed by atoms with van der Waals surface area (Å²) in [5.41, 5.74) is 5.75. The highest BCUT2D eigenvalue weighted by molar-refractivity contribution is 7.18. The highest BCUT2D eigenvalue weighted by Gasteiger charge is 2.31. The first kappa shape index (κ1) is 14.1. The summed E-state index contributed by atoms with van der Waals surface area (Å²) in [5.74, 6) is 0.228. The van der Waals surface area contributed by atoms with Crippen molar-refractivity contribution in [2.45, 2.75) is 51.5 Å². The molecular weight excluding hydrogens is 260 g/mol. The van der Waals surface area contributed by atoms with E-state index in [2.05, 4.69) is 29.5 Å². The lowest BCUT2D eigenvalue weighted by Crippen LogP contribution is -2.43. The number of hydrogen-bond donors (Lipinski definition) is 3. The van der Waals surface area contributed by atoms with E-state index >= 15 is 0 Å². The molecule has 0 aliphatic heterocycles. The second-order valence-corrected chi connectivity index (χ2v) is 6.38. The summed E-state index contributed by atoms with van der Waals surface area (Å²) < 4.78 is 0. The summed E-state index contributed by atoms with van der Waals surface area (Å²) in [5, 5.41) is 6.99. The molecule has 1 saturated carbocycles. The topological polar surface area (TPSA) is 80.0 Å². The molecule has 1 aliphatic rings. The minimum absolute atomic E-state index is 0.0788. The largest absolute Gasteiger partial charge is 0.382 e. The molecular formula is C13H22N4OS. The molecule has 4 N–H and O–H groups in total. The number of nitrogens with one attached hydrogen (secondary N) is 2. The van der Waals surface area contributed by atoms with Gasteiger partial charge < -0.3 is 16.4 Å². The second kappa shape index (κ2) is 5.77. The lowest BCUT2D eigenvalue weighted by molar-refractivity contribution is 0.0913. The first-order valence-corrected chi connectivity index (χ1v) is 7.68. The fourth-order valence-electron chi connectivity index (χ4n) is 2.41. The number of rotatable bonds is 5. The Morgan fingerprint density at radius 3 is 2.79 bits per heavy atom. The average Bonchev–Trinajstić information content (AvgIpc) is 2.93. The summed E-state index contributed by atoms with van der Waals surface area (Å²) >= 11 is 1.33. The highest BCUT2D eigenvalue weighted by Crippen LogP contribution is 2.31. The zero-order valence-electron chi connectivity index (χ0n) is 11.6. The highest BCUT2D eigenvalue weighted by atomic mass is 32.1. The zero-order valence-corrected chi connectivity index (χ0v) is 12.4. The molecule has 19 heavy (non-hydrogen) atoms. The van der Waals surface area contributed by atoms with Crippen LogP contribution in [0.5, 0.6) is 0 Å². The van der Waals surface area contributed by atoms with Crippen LogP contribution in [0.2, 0.25) is 0 Å². The van der Waals surface area contributed by atoms with E-state index in [-0.39, 0.29) is 11.4 Å². The van der Waals surface area contributed by atoms with E-state index in [1.165, 1.54) is 24.2 Å². The summed E-state index contributed by atoms with van der Waals surface area (Å²) in [6.45, 7) is 5.02. The van der Waals surface area contributed by atoms with Crippen molar-refractivity contribution in [1.29, 1.82) is 0 Å². The number of hydrogen-bond acceptors (Lipinski definition) is 5. The summed E-state index contributed by atoms with van der Waals surface area (Å²) in [6, 6.07) is 0. The molecule has 0 unspecified atom stereocenters. The van der Waals surface area contributed by atoms with Crippen molar-refractivity contribution in [1.82, 2.24) is 10.3 Å². The Hall–Kier alpha value is -1.30. The van der Waals surface area contributed by atoms with Crippen molar-refractivity contribution in [3.63, 3.8) is 0 Å². The van der Waals surface area contributed by atoms with E-state index in [1.54, 1.807) is 0 Å². The molecule has 0 radical (unpaired) electrons. The van der Waals surface area contributed by atoms with E-state index in [1.807, 2.05) is 0 Å². The van der Waals surface area contributed by atoms with Crippen LogP contribution in [0.3, 0.4) is 0 Å². The minimum Gasteiger partial charge on any atom is -0.382 e. The Labute approximate surface area is 118 Å². The third kappa shape index (κ3) is 3.37. The first-order chi connectivity index (χ1) is 9.04. The van der Waals surface area contributed by atoms with E-state index < -0.39 is 0 Å². The van der Waals surface area contributed by atoms with Crippen molar-refractivity contribution < 1.29 is 4.79 Å². The van der Waals surface area contributed by atoms with Gasteiger partial charge in [-0.1, -0.05) is 31.1 Å². The number of nitrogens with two attached hydrogens (primary N) is 1. The number of amides is 1. The van der Waals surface area contributed by atoms with Gasteiger partial charge in [-0.15, -0.1) is 0 Å². The van der Waals surface area contributed by atoms with Gasteiger partial charge in [-0.2, -0.15) is 0 Å². The fourth-order valence-corrected chi connectivity index (χ4v) is 3.22. The normalized spacial score (nSPS) is 17.4. The summed E-state index contributed by atoms with van der Waals surface area (Å²) in [6.07, 6.45) is 5.45. The molecule has 1 aromatic heterocycles. The maximum atomic E-state index is 12.3. The standard InChI is InChI=1S/C13H22N4OS/c1-3-8-15-12-16-10(14)9(19-12)11(18)17-13(2)6-4-5-7-13/h3-8,14H2,1-2H3,(H,15,16)(H,17,18). The van der Waals surface area contributed by atoms with Crippen LogP contribution in [0.15, 0.2) is 0 Å². The molecule has 5 nitrogen and oxygen atoms in total. The fraction of sp³-hybridized carbons (Fsp3) is 0.692. The van der Waals surface area contributed by atoms with E-state index in [0.29, 0.717) is 10.7 Å². The van der Waals surface area contributed by atoms with Gasteiger partial charge in [0.1, 0.15) is 10.7 Å². The maximum Gasteiger partial charge on any atom is 0.265 e. The number of nitrogens with zero attached hydrogens (tertiary/aromatic N) is 1. The third-order valence-corrected chi connectivity index (χ3v) is 4.54. The molecule has 1 aliphatic carbocycles. The number of carbonyl (C=O) groups excluding carboxylic acids is 1. The molecule has 1 heterocycles. The number of thiazole rings is 1. The van der Waals surface area contributed by atoms with Gasteiger partial charge in [0.15, 0.2) is 5.13 Å². The molecule has 0 spiro atoms. The lowest BCUT2D eigenvalue weighted by Gasteiger charge is -2.24. The molecule has 106 valence electrons. The molecule has 0 saturated heterocycles. The molecule has 6 heteroatoms. The van der Waals surface area contributed by atoms with E-state index in [4.69, 9.17) is 5.73 Å². The van der Waals surface area contributed by atoms with E-state index in [0.717, 1.165) is 30.9 Å². The van der Waals surface area contributed by atoms with Crippen molar-refractivity contribution >= 4 is 28.2 Å². The number of carbonyl (C=O) groups is 1. The quantitative estimate of drug-likeness (QED) is 0.775. The van der Waals surface area contributed by atoms with Crippen molar-refractivity contribution in [2.24, 2.45) is 0 Å². The van der Waals surface area contributed by atoms with Gasteiger partial charge in [0.2, 0.25) is 0 Å². The van der Waals surface area contributed by atoms with Gasteiger partial charge in [0.05, 0.1) is 0 Å². The monoisotopic (exact) mass is 282 g/mol. The van der Waals surface area contributed by atoms with Gasteiger partial charge in [-0.3, -0.25) is 4.79 Å². The molecule has 1 amide bonds. The van der Waals surface area contributed by atoms with Crippen molar-refractivity contribution in [3.05, 3.63) is 4.88 Å². The zero-order chi connectivity index (χ0) is 13.9. The molecule has 0 bridgehead atoms. The average molecular weight is 282 g/mol. The summed E-state index contributed by atoms with van der Waals surface area (Å²) in [7, 11) is 0. The number of aromatic nitrogens is 1.